The molecule has 21 heavy (non-hydrogen) atoms. The molecular formula is C16H20BrN3O. The van der Waals surface area contributed by atoms with Gasteiger partial charge in [0.2, 0.25) is 0 Å². The number of benzene rings is 1. The zero-order chi connectivity index (χ0) is 15.6. The Balaban J connectivity index is 2.55. The Kier molecular flexibility index (Phi) is 4.83. The van der Waals surface area contributed by atoms with Crippen molar-refractivity contribution >= 4 is 21.7 Å². The number of nitrogens with one attached hydrogen (secondary N) is 1. The molecule has 0 amide bonds. The Bertz CT molecular complexity index is 656. The molecular weight excluding hydrogens is 330 g/mol. The van der Waals surface area contributed by atoms with Crippen molar-refractivity contribution in [1.29, 1.82) is 0 Å². The van der Waals surface area contributed by atoms with Gasteiger partial charge in [0, 0.05) is 23.9 Å². The van der Waals surface area contributed by atoms with Gasteiger partial charge in [-0.15, -0.1) is 0 Å². The van der Waals surface area contributed by atoms with E-state index in [9.17, 15) is 0 Å². The highest BCUT2D eigenvalue weighted by molar-refractivity contribution is 9.10. The Morgan fingerprint density at radius 2 is 1.95 bits per heavy atom. The van der Waals surface area contributed by atoms with Crippen LogP contribution in [0.5, 0.6) is 5.75 Å². The molecule has 2 aromatic rings. The first kappa shape index (κ1) is 15.8. The third-order valence-corrected chi connectivity index (χ3v) is 3.98. The number of aromatic nitrogens is 2. The second-order valence-corrected chi connectivity index (χ2v) is 6.00. The van der Waals surface area contributed by atoms with E-state index in [-0.39, 0.29) is 0 Å². The molecule has 0 saturated carbocycles. The van der Waals surface area contributed by atoms with Crippen LogP contribution in [0.4, 0.5) is 5.82 Å². The first-order valence-electron chi connectivity index (χ1n) is 6.88. The number of nitrogens with zero attached hydrogens (tertiary/aromatic N) is 2. The lowest BCUT2D eigenvalue weighted by Crippen LogP contribution is -2.07. The van der Waals surface area contributed by atoms with Crippen LogP contribution in [0.25, 0.3) is 11.4 Å². The van der Waals surface area contributed by atoms with Gasteiger partial charge in [-0.2, -0.15) is 0 Å². The highest BCUT2D eigenvalue weighted by atomic mass is 79.9. The molecule has 1 heterocycles. The van der Waals surface area contributed by atoms with Crippen LogP contribution in [-0.4, -0.2) is 24.1 Å². The van der Waals surface area contributed by atoms with Gasteiger partial charge in [0.1, 0.15) is 11.6 Å². The summed E-state index contributed by atoms with van der Waals surface area (Å²) in [5.74, 6) is 2.77. The Morgan fingerprint density at radius 1 is 1.24 bits per heavy atom. The first-order chi connectivity index (χ1) is 9.97. The largest absolute Gasteiger partial charge is 0.496 e. The standard InChI is InChI=1S/C16H20BrN3O/c1-9(2)14-10(3)19-15(20-16(14)18-4)11-6-7-13(21-5)12(17)8-11/h6-9H,1-5H3,(H,18,19,20). The van der Waals surface area contributed by atoms with Crippen LogP contribution in [0.15, 0.2) is 22.7 Å². The third-order valence-electron chi connectivity index (χ3n) is 3.36. The molecule has 4 nitrogen and oxygen atoms in total. The molecule has 5 heteroatoms. The van der Waals surface area contributed by atoms with Gasteiger partial charge < -0.3 is 10.1 Å². The van der Waals surface area contributed by atoms with Crippen molar-refractivity contribution < 1.29 is 4.74 Å². The summed E-state index contributed by atoms with van der Waals surface area (Å²) in [5, 5.41) is 3.18. The van der Waals surface area contributed by atoms with Gasteiger partial charge in [0.25, 0.3) is 0 Å². The highest BCUT2D eigenvalue weighted by Gasteiger charge is 2.15. The first-order valence-corrected chi connectivity index (χ1v) is 7.67. The van der Waals surface area contributed by atoms with Crippen molar-refractivity contribution in [2.24, 2.45) is 0 Å². The number of hydrogen-bond donors (Lipinski definition) is 1. The van der Waals surface area contributed by atoms with Crippen LogP contribution < -0.4 is 10.1 Å². The summed E-state index contributed by atoms with van der Waals surface area (Å²) in [4.78, 5) is 9.31. The molecule has 0 unspecified atom stereocenters. The molecule has 1 N–H and O–H groups in total. The number of rotatable bonds is 4. The zero-order valence-corrected chi connectivity index (χ0v) is 14.6. The number of anilines is 1. The smallest absolute Gasteiger partial charge is 0.161 e. The Morgan fingerprint density at radius 3 is 2.48 bits per heavy atom. The Labute approximate surface area is 134 Å². The number of hydrogen-bond acceptors (Lipinski definition) is 4. The van der Waals surface area contributed by atoms with E-state index >= 15 is 0 Å². The third kappa shape index (κ3) is 3.18. The average molecular weight is 350 g/mol. The predicted molar refractivity (Wildman–Crippen MR) is 90.1 cm³/mol. The molecule has 0 atom stereocenters. The summed E-state index contributed by atoms with van der Waals surface area (Å²) in [6.45, 7) is 6.33. The molecule has 0 aliphatic carbocycles. The van der Waals surface area contributed by atoms with E-state index in [0.717, 1.165) is 32.9 Å². The van der Waals surface area contributed by atoms with Crippen molar-refractivity contribution in [3.05, 3.63) is 33.9 Å². The van der Waals surface area contributed by atoms with Gasteiger partial charge in [-0.05, 0) is 47.0 Å². The maximum atomic E-state index is 5.25. The molecule has 112 valence electrons. The summed E-state index contributed by atoms with van der Waals surface area (Å²) in [7, 11) is 3.54. The molecule has 2 rings (SSSR count). The quantitative estimate of drug-likeness (QED) is 0.889. The SMILES string of the molecule is CNc1nc(-c2ccc(OC)c(Br)c2)nc(C)c1C(C)C. The minimum atomic E-state index is 0.379. The summed E-state index contributed by atoms with van der Waals surface area (Å²) in [6.07, 6.45) is 0. The highest BCUT2D eigenvalue weighted by Crippen LogP contribution is 2.32. The lowest BCUT2D eigenvalue weighted by atomic mass is 10.0. The number of halogens is 1. The maximum absolute atomic E-state index is 5.25. The molecule has 0 spiro atoms. The van der Waals surface area contributed by atoms with E-state index in [0.29, 0.717) is 11.7 Å². The topological polar surface area (TPSA) is 47.0 Å². The monoisotopic (exact) mass is 349 g/mol. The van der Waals surface area contributed by atoms with Gasteiger partial charge in [0.05, 0.1) is 11.6 Å². The van der Waals surface area contributed by atoms with Gasteiger partial charge >= 0.3 is 0 Å². The lowest BCUT2D eigenvalue weighted by molar-refractivity contribution is 0.412. The fourth-order valence-corrected chi connectivity index (χ4v) is 2.94. The molecule has 0 bridgehead atoms. The minimum Gasteiger partial charge on any atom is -0.496 e. The van der Waals surface area contributed by atoms with E-state index in [1.807, 2.05) is 32.2 Å². The number of ether oxygens (including phenoxy) is 1. The summed E-state index contributed by atoms with van der Waals surface area (Å²) in [5.41, 5.74) is 3.12. The molecule has 0 aliphatic heterocycles. The molecule has 1 aromatic heterocycles. The zero-order valence-electron chi connectivity index (χ0n) is 13.0. The van der Waals surface area contributed by atoms with Crippen molar-refractivity contribution in [2.45, 2.75) is 26.7 Å². The van der Waals surface area contributed by atoms with Crippen LogP contribution in [0, 0.1) is 6.92 Å². The van der Waals surface area contributed by atoms with Crippen molar-refractivity contribution in [3.8, 4) is 17.1 Å². The van der Waals surface area contributed by atoms with Crippen molar-refractivity contribution in [2.75, 3.05) is 19.5 Å². The number of methoxy groups -OCH3 is 1. The van der Waals surface area contributed by atoms with Crippen LogP contribution in [0.2, 0.25) is 0 Å². The van der Waals surface area contributed by atoms with E-state index < -0.39 is 0 Å². The van der Waals surface area contributed by atoms with E-state index in [1.54, 1.807) is 7.11 Å². The summed E-state index contributed by atoms with van der Waals surface area (Å²) in [6, 6.07) is 5.85. The molecule has 0 fully saturated rings. The number of aryl methyl sites for hydroxylation is 1. The van der Waals surface area contributed by atoms with E-state index in [1.165, 1.54) is 0 Å². The molecule has 0 radical (unpaired) electrons. The van der Waals surface area contributed by atoms with E-state index in [2.05, 4.69) is 45.1 Å². The van der Waals surface area contributed by atoms with Gasteiger partial charge in [-0.1, -0.05) is 13.8 Å². The van der Waals surface area contributed by atoms with Crippen LogP contribution in [0.3, 0.4) is 0 Å². The van der Waals surface area contributed by atoms with Gasteiger partial charge in [0.15, 0.2) is 5.82 Å². The van der Waals surface area contributed by atoms with Gasteiger partial charge in [-0.25, -0.2) is 9.97 Å². The fourth-order valence-electron chi connectivity index (χ4n) is 2.40. The van der Waals surface area contributed by atoms with Crippen molar-refractivity contribution in [3.63, 3.8) is 0 Å². The summed E-state index contributed by atoms with van der Waals surface area (Å²) >= 11 is 3.50. The van der Waals surface area contributed by atoms with Gasteiger partial charge in [-0.3, -0.25) is 0 Å². The Hall–Kier alpha value is -1.62. The maximum Gasteiger partial charge on any atom is 0.161 e. The molecule has 0 aliphatic rings. The average Bonchev–Trinajstić information content (AvgIpc) is 2.45. The second-order valence-electron chi connectivity index (χ2n) is 5.15. The molecule has 0 saturated heterocycles. The normalized spacial score (nSPS) is 10.8. The van der Waals surface area contributed by atoms with Crippen LogP contribution >= 0.6 is 15.9 Å². The predicted octanol–water partition coefficient (Wildman–Crippen LogP) is 4.39. The fraction of sp³-hybridized carbons (Fsp3) is 0.375. The minimum absolute atomic E-state index is 0.379. The molecule has 1 aromatic carbocycles. The van der Waals surface area contributed by atoms with Crippen LogP contribution in [-0.2, 0) is 0 Å². The van der Waals surface area contributed by atoms with Crippen LogP contribution in [0.1, 0.15) is 31.0 Å². The van der Waals surface area contributed by atoms with E-state index in [4.69, 9.17) is 4.74 Å². The summed E-state index contributed by atoms with van der Waals surface area (Å²) < 4.78 is 6.15. The lowest BCUT2D eigenvalue weighted by Gasteiger charge is -2.16. The second kappa shape index (κ2) is 6.43. The van der Waals surface area contributed by atoms with Crippen molar-refractivity contribution in [1.82, 2.24) is 9.97 Å².